The fraction of sp³-hybridized carbons (Fsp3) is 0.556. The van der Waals surface area contributed by atoms with E-state index in [2.05, 4.69) is 63.9 Å². The fourth-order valence-electron chi connectivity index (χ4n) is 5.16. The lowest BCUT2D eigenvalue weighted by Crippen LogP contribution is -2.46. The summed E-state index contributed by atoms with van der Waals surface area (Å²) in [4.78, 5) is 23.5. The van der Waals surface area contributed by atoms with E-state index in [0.29, 0.717) is 12.5 Å². The van der Waals surface area contributed by atoms with Crippen molar-refractivity contribution in [2.45, 2.75) is 78.2 Å². The quantitative estimate of drug-likeness (QED) is 0.557. The second-order valence-electron chi connectivity index (χ2n) is 11.8. The van der Waals surface area contributed by atoms with E-state index in [-0.39, 0.29) is 29.1 Å². The van der Waals surface area contributed by atoms with Crippen molar-refractivity contribution in [2.24, 2.45) is 17.6 Å². The van der Waals surface area contributed by atoms with Gasteiger partial charge in [-0.15, -0.1) is 0 Å². The zero-order valence-corrected chi connectivity index (χ0v) is 21.9. The molecule has 5 rings (SSSR count). The minimum atomic E-state index is -0.499. The molecule has 2 aliphatic rings. The Morgan fingerprint density at radius 2 is 1.86 bits per heavy atom. The Labute approximate surface area is 207 Å². The van der Waals surface area contributed by atoms with Crippen LogP contribution in [0.15, 0.2) is 30.3 Å². The molecule has 2 fully saturated rings. The zero-order chi connectivity index (χ0) is 25.3. The Bertz CT molecular complexity index is 1270. The Morgan fingerprint density at radius 1 is 1.17 bits per heavy atom. The van der Waals surface area contributed by atoms with Crippen LogP contribution in [0.4, 0.5) is 0 Å². The molecule has 7 nitrogen and oxygen atoms in total. The molecule has 2 aromatic carbocycles. The van der Waals surface area contributed by atoms with Gasteiger partial charge in [0.2, 0.25) is 5.91 Å². The van der Waals surface area contributed by atoms with E-state index in [9.17, 15) is 4.79 Å². The third-order valence-electron chi connectivity index (χ3n) is 8.15. The molecule has 0 aliphatic carbocycles. The van der Waals surface area contributed by atoms with Gasteiger partial charge in [0, 0.05) is 11.9 Å². The first-order valence-corrected chi connectivity index (χ1v) is 12.7. The van der Waals surface area contributed by atoms with Crippen molar-refractivity contribution in [3.8, 4) is 0 Å². The van der Waals surface area contributed by atoms with E-state index in [1.165, 1.54) is 0 Å². The predicted octanol–water partition coefficient (Wildman–Crippen LogP) is 3.91. The highest BCUT2D eigenvalue weighted by Crippen LogP contribution is 2.38. The molecule has 35 heavy (non-hydrogen) atoms. The summed E-state index contributed by atoms with van der Waals surface area (Å²) >= 11 is 0. The number of nitrogens with one attached hydrogen (secondary N) is 1. The first-order chi connectivity index (χ1) is 16.4. The maximum Gasteiger partial charge on any atom is 0.494 e. The van der Waals surface area contributed by atoms with E-state index < -0.39 is 13.2 Å². The summed E-state index contributed by atoms with van der Waals surface area (Å²) in [7, 11) is -0.401. The maximum absolute atomic E-state index is 13.1. The molecule has 0 radical (unpaired) electrons. The van der Waals surface area contributed by atoms with Crippen LogP contribution >= 0.6 is 0 Å². The van der Waals surface area contributed by atoms with Crippen LogP contribution in [0.25, 0.3) is 21.8 Å². The maximum atomic E-state index is 13.1. The number of hydrogen-bond acceptors (Lipinski definition) is 5. The zero-order valence-electron chi connectivity index (χ0n) is 21.9. The molecular formula is C27H37BN4O3. The molecule has 2 aliphatic heterocycles. The molecule has 2 saturated heterocycles. The van der Waals surface area contributed by atoms with Crippen LogP contribution in [0.2, 0.25) is 0 Å². The summed E-state index contributed by atoms with van der Waals surface area (Å²) in [5, 5.41) is 2.18. The van der Waals surface area contributed by atoms with Gasteiger partial charge in [-0.3, -0.25) is 4.79 Å². The van der Waals surface area contributed by atoms with Crippen molar-refractivity contribution in [1.82, 2.24) is 14.9 Å². The minimum absolute atomic E-state index is 0.00622. The van der Waals surface area contributed by atoms with E-state index in [4.69, 9.17) is 20.0 Å². The first-order valence-electron chi connectivity index (χ1n) is 12.7. The third kappa shape index (κ3) is 4.05. The van der Waals surface area contributed by atoms with E-state index >= 15 is 0 Å². The number of amides is 1. The largest absolute Gasteiger partial charge is 0.494 e. The topological polar surface area (TPSA) is 93.5 Å². The van der Waals surface area contributed by atoms with Crippen LogP contribution in [0.1, 0.15) is 66.8 Å². The lowest BCUT2D eigenvalue weighted by atomic mass is 9.78. The number of benzene rings is 2. The molecule has 0 bridgehead atoms. The normalized spacial score (nSPS) is 24.7. The number of fused-ring (bicyclic) bond motifs is 3. The minimum Gasteiger partial charge on any atom is -0.399 e. The average molecular weight is 476 g/mol. The van der Waals surface area contributed by atoms with Gasteiger partial charge >= 0.3 is 7.12 Å². The smallest absolute Gasteiger partial charge is 0.399 e. The monoisotopic (exact) mass is 476 g/mol. The van der Waals surface area contributed by atoms with Crippen LogP contribution in [-0.4, -0.2) is 51.7 Å². The number of aromatic nitrogens is 2. The van der Waals surface area contributed by atoms with Crippen molar-refractivity contribution in [3.05, 3.63) is 36.2 Å². The van der Waals surface area contributed by atoms with Gasteiger partial charge in [-0.05, 0) is 62.9 Å². The molecule has 1 amide bonds. The van der Waals surface area contributed by atoms with E-state index in [0.717, 1.165) is 39.5 Å². The van der Waals surface area contributed by atoms with Gasteiger partial charge in [-0.1, -0.05) is 45.0 Å². The average Bonchev–Trinajstić information content (AvgIpc) is 3.45. The van der Waals surface area contributed by atoms with Gasteiger partial charge in [-0.2, -0.15) is 0 Å². The van der Waals surface area contributed by atoms with Gasteiger partial charge in [0.05, 0.1) is 34.3 Å². The number of carbonyl (C=O) groups is 1. The lowest BCUT2D eigenvalue weighted by Gasteiger charge is -2.32. The number of rotatable bonds is 4. The standard InChI is InChI=1S/C27H37BN4O3/c1-15(2)22(29)25(33)32-14-16(3)12-21(32)24-30-20-11-8-17-13-18(9-10-19(17)23(20)31-24)28-34-26(4,5)27(6,7)35-28/h8-11,13,15-16,21-22H,12,14,29H2,1-7H3,(H,30,31)/t16-,21-,22-/m0/s1. The summed E-state index contributed by atoms with van der Waals surface area (Å²) in [6.07, 6.45) is 0.875. The summed E-state index contributed by atoms with van der Waals surface area (Å²) in [6, 6.07) is 9.85. The van der Waals surface area contributed by atoms with Crippen molar-refractivity contribution >= 4 is 40.3 Å². The van der Waals surface area contributed by atoms with Gasteiger partial charge in [0.1, 0.15) is 5.82 Å². The number of aromatic amines is 1. The van der Waals surface area contributed by atoms with Gasteiger partial charge in [0.25, 0.3) is 0 Å². The highest BCUT2D eigenvalue weighted by atomic mass is 16.7. The summed E-state index contributed by atoms with van der Waals surface area (Å²) in [5.74, 6) is 1.33. The van der Waals surface area contributed by atoms with Crippen LogP contribution in [0.5, 0.6) is 0 Å². The van der Waals surface area contributed by atoms with Crippen LogP contribution < -0.4 is 11.2 Å². The van der Waals surface area contributed by atoms with Gasteiger partial charge in [0.15, 0.2) is 0 Å². The number of imidazole rings is 1. The van der Waals surface area contributed by atoms with E-state index in [1.54, 1.807) is 0 Å². The number of carbonyl (C=O) groups excluding carboxylic acids is 1. The number of H-pyrrole nitrogens is 1. The van der Waals surface area contributed by atoms with Crippen molar-refractivity contribution in [3.63, 3.8) is 0 Å². The van der Waals surface area contributed by atoms with Crippen LogP contribution in [0.3, 0.4) is 0 Å². The van der Waals surface area contributed by atoms with Crippen LogP contribution in [-0.2, 0) is 14.1 Å². The van der Waals surface area contributed by atoms with Gasteiger partial charge < -0.3 is 24.9 Å². The SMILES string of the molecule is CC(C)[C@H](N)C(=O)N1C[C@@H](C)C[C@H]1c1nc2ccc3cc(B4OC(C)(C)C(C)(C)O4)ccc3c2[nH]1. The number of nitrogens with two attached hydrogens (primary N) is 1. The first kappa shape index (κ1) is 24.3. The van der Waals surface area contributed by atoms with Crippen molar-refractivity contribution < 1.29 is 14.1 Å². The highest BCUT2D eigenvalue weighted by molar-refractivity contribution is 6.62. The number of nitrogens with zero attached hydrogens (tertiary/aromatic N) is 2. The Morgan fingerprint density at radius 3 is 2.51 bits per heavy atom. The molecule has 0 spiro atoms. The Hall–Kier alpha value is -2.42. The van der Waals surface area contributed by atoms with E-state index in [1.807, 2.05) is 24.8 Å². The number of likely N-dealkylation sites (tertiary alicyclic amines) is 1. The molecule has 186 valence electrons. The lowest BCUT2D eigenvalue weighted by molar-refractivity contribution is -0.134. The van der Waals surface area contributed by atoms with Crippen molar-refractivity contribution in [1.29, 1.82) is 0 Å². The second kappa shape index (κ2) is 8.32. The summed E-state index contributed by atoms with van der Waals surface area (Å²) < 4.78 is 12.5. The molecule has 0 saturated carbocycles. The summed E-state index contributed by atoms with van der Waals surface area (Å²) in [5.41, 5.74) is 8.35. The molecule has 3 N–H and O–H groups in total. The molecule has 8 heteroatoms. The van der Waals surface area contributed by atoms with Crippen molar-refractivity contribution in [2.75, 3.05) is 6.54 Å². The number of hydrogen-bond donors (Lipinski definition) is 2. The molecule has 1 aromatic heterocycles. The molecule has 3 atom stereocenters. The third-order valence-corrected chi connectivity index (χ3v) is 8.15. The van der Waals surface area contributed by atoms with Crippen LogP contribution in [0, 0.1) is 11.8 Å². The fourth-order valence-corrected chi connectivity index (χ4v) is 5.16. The summed E-state index contributed by atoms with van der Waals surface area (Å²) in [6.45, 7) is 15.1. The second-order valence-corrected chi connectivity index (χ2v) is 11.8. The Balaban J connectivity index is 1.48. The van der Waals surface area contributed by atoms with Gasteiger partial charge in [-0.25, -0.2) is 4.98 Å². The molecular weight excluding hydrogens is 439 g/mol. The highest BCUT2D eigenvalue weighted by Gasteiger charge is 2.51. The predicted molar refractivity (Wildman–Crippen MR) is 140 cm³/mol. The molecule has 0 unspecified atom stereocenters. The molecule has 3 aromatic rings. The molecule has 3 heterocycles. The Kier molecular flexibility index (Phi) is 5.77.